The molecule has 1 aromatic rings. The van der Waals surface area contributed by atoms with Crippen molar-refractivity contribution >= 4 is 11.6 Å². The minimum absolute atomic E-state index is 0.00294. The van der Waals surface area contributed by atoms with E-state index < -0.39 is 0 Å². The first-order valence-electron chi connectivity index (χ1n) is 4.74. The van der Waals surface area contributed by atoms with Crippen LogP contribution in [0.2, 0.25) is 5.02 Å². The predicted octanol–water partition coefficient (Wildman–Crippen LogP) is 3.07. The quantitative estimate of drug-likeness (QED) is 0.838. The Kier molecular flexibility index (Phi) is 3.78. The summed E-state index contributed by atoms with van der Waals surface area (Å²) in [6.07, 6.45) is 0. The Hall–Kier alpha value is -0.730. The fraction of sp³-hybridized carbons (Fsp3) is 0.455. The third kappa shape index (κ3) is 2.40. The van der Waals surface area contributed by atoms with Gasteiger partial charge in [0, 0.05) is 6.04 Å². The van der Waals surface area contributed by atoms with E-state index >= 15 is 0 Å². The molecule has 0 fully saturated rings. The van der Waals surface area contributed by atoms with Gasteiger partial charge in [-0.2, -0.15) is 0 Å². The van der Waals surface area contributed by atoms with Crippen molar-refractivity contribution in [2.75, 3.05) is 6.61 Å². The summed E-state index contributed by atoms with van der Waals surface area (Å²) >= 11 is 6.04. The summed E-state index contributed by atoms with van der Waals surface area (Å²) in [5.74, 6) is 0.732. The molecule has 0 heterocycles. The second kappa shape index (κ2) is 4.67. The van der Waals surface area contributed by atoms with E-state index in [4.69, 9.17) is 22.1 Å². The molecule has 1 aromatic carbocycles. The minimum atomic E-state index is 0.00294. The molecular weight excluding hydrogens is 198 g/mol. The van der Waals surface area contributed by atoms with Crippen molar-refractivity contribution in [3.63, 3.8) is 0 Å². The van der Waals surface area contributed by atoms with Crippen molar-refractivity contribution in [2.45, 2.75) is 26.8 Å². The summed E-state index contributed by atoms with van der Waals surface area (Å²) in [6, 6.07) is 3.82. The van der Waals surface area contributed by atoms with Crippen molar-refractivity contribution in [3.8, 4) is 5.75 Å². The fourth-order valence-electron chi connectivity index (χ4n) is 1.43. The minimum Gasteiger partial charge on any atom is -0.492 e. The molecule has 0 saturated carbocycles. The number of ether oxygens (including phenoxy) is 1. The van der Waals surface area contributed by atoms with Crippen LogP contribution in [0.1, 0.15) is 31.0 Å². The van der Waals surface area contributed by atoms with Gasteiger partial charge < -0.3 is 10.5 Å². The van der Waals surface area contributed by atoms with Crippen LogP contribution in [0.4, 0.5) is 0 Å². The van der Waals surface area contributed by atoms with Gasteiger partial charge in [0.05, 0.1) is 11.6 Å². The van der Waals surface area contributed by atoms with E-state index in [1.54, 1.807) is 0 Å². The topological polar surface area (TPSA) is 35.2 Å². The van der Waals surface area contributed by atoms with Crippen LogP contribution < -0.4 is 10.5 Å². The number of hydrogen-bond acceptors (Lipinski definition) is 2. The Morgan fingerprint density at radius 3 is 2.64 bits per heavy atom. The molecule has 0 saturated heterocycles. The molecule has 2 nitrogen and oxygen atoms in total. The lowest BCUT2D eigenvalue weighted by Crippen LogP contribution is -2.07. The zero-order chi connectivity index (χ0) is 10.7. The first-order chi connectivity index (χ1) is 6.56. The second-order valence-electron chi connectivity index (χ2n) is 3.36. The molecular formula is C11H16ClNO. The zero-order valence-corrected chi connectivity index (χ0v) is 9.56. The lowest BCUT2D eigenvalue weighted by molar-refractivity contribution is 0.340. The maximum Gasteiger partial charge on any atom is 0.138 e. The van der Waals surface area contributed by atoms with E-state index in [1.807, 2.05) is 32.9 Å². The van der Waals surface area contributed by atoms with Crippen molar-refractivity contribution in [1.29, 1.82) is 0 Å². The molecule has 0 bridgehead atoms. The highest BCUT2D eigenvalue weighted by atomic mass is 35.5. The van der Waals surface area contributed by atoms with E-state index in [0.717, 1.165) is 16.9 Å². The van der Waals surface area contributed by atoms with E-state index in [9.17, 15) is 0 Å². The molecule has 0 aromatic heterocycles. The summed E-state index contributed by atoms with van der Waals surface area (Å²) < 4.78 is 5.38. The van der Waals surface area contributed by atoms with Gasteiger partial charge in [-0.1, -0.05) is 11.6 Å². The highest BCUT2D eigenvalue weighted by Crippen LogP contribution is 2.30. The smallest absolute Gasteiger partial charge is 0.138 e. The zero-order valence-electron chi connectivity index (χ0n) is 8.80. The van der Waals surface area contributed by atoms with Gasteiger partial charge in [0.15, 0.2) is 0 Å². The van der Waals surface area contributed by atoms with Crippen LogP contribution in [-0.2, 0) is 0 Å². The number of nitrogens with two attached hydrogens (primary N) is 1. The van der Waals surface area contributed by atoms with Gasteiger partial charge in [-0.15, -0.1) is 0 Å². The second-order valence-corrected chi connectivity index (χ2v) is 3.77. The normalized spacial score (nSPS) is 12.6. The van der Waals surface area contributed by atoms with Crippen molar-refractivity contribution in [3.05, 3.63) is 28.3 Å². The van der Waals surface area contributed by atoms with Crippen LogP contribution in [-0.4, -0.2) is 6.61 Å². The van der Waals surface area contributed by atoms with E-state index in [2.05, 4.69) is 0 Å². The summed E-state index contributed by atoms with van der Waals surface area (Å²) in [5.41, 5.74) is 7.99. The molecule has 0 spiro atoms. The number of halogens is 1. The van der Waals surface area contributed by atoms with Crippen LogP contribution in [0.5, 0.6) is 5.75 Å². The molecule has 1 rings (SSSR count). The molecule has 0 aliphatic rings. The van der Waals surface area contributed by atoms with Crippen molar-refractivity contribution < 1.29 is 4.74 Å². The third-order valence-electron chi connectivity index (χ3n) is 2.11. The van der Waals surface area contributed by atoms with Gasteiger partial charge in [-0.3, -0.25) is 0 Å². The summed E-state index contributed by atoms with van der Waals surface area (Å²) in [4.78, 5) is 0. The first kappa shape index (κ1) is 11.3. The van der Waals surface area contributed by atoms with Crippen LogP contribution in [0.25, 0.3) is 0 Å². The molecule has 3 heteroatoms. The Morgan fingerprint density at radius 2 is 2.14 bits per heavy atom. The molecule has 2 N–H and O–H groups in total. The molecule has 0 aliphatic carbocycles. The van der Waals surface area contributed by atoms with Gasteiger partial charge >= 0.3 is 0 Å². The monoisotopic (exact) mass is 213 g/mol. The van der Waals surface area contributed by atoms with Crippen LogP contribution in [0, 0.1) is 6.92 Å². The highest BCUT2D eigenvalue weighted by Gasteiger charge is 2.09. The Morgan fingerprint density at radius 1 is 1.50 bits per heavy atom. The van der Waals surface area contributed by atoms with Gasteiger partial charge in [0.2, 0.25) is 0 Å². The Bertz CT molecular complexity index is 323. The average Bonchev–Trinajstić information content (AvgIpc) is 2.10. The summed E-state index contributed by atoms with van der Waals surface area (Å²) in [6.45, 7) is 6.51. The van der Waals surface area contributed by atoms with E-state index in [-0.39, 0.29) is 6.04 Å². The molecule has 1 unspecified atom stereocenters. The lowest BCUT2D eigenvalue weighted by Gasteiger charge is -2.13. The maximum atomic E-state index is 6.04. The Balaban J connectivity index is 3.10. The maximum absolute atomic E-state index is 6.04. The molecule has 78 valence electrons. The average molecular weight is 214 g/mol. The molecule has 14 heavy (non-hydrogen) atoms. The number of hydrogen-bond donors (Lipinski definition) is 1. The van der Waals surface area contributed by atoms with E-state index in [1.165, 1.54) is 0 Å². The van der Waals surface area contributed by atoms with Crippen LogP contribution >= 0.6 is 11.6 Å². The van der Waals surface area contributed by atoms with Gasteiger partial charge in [0.1, 0.15) is 5.75 Å². The van der Waals surface area contributed by atoms with E-state index in [0.29, 0.717) is 11.6 Å². The standard InChI is InChI=1S/C11H16ClNO/c1-4-14-11-5-7(2)9(8(3)13)6-10(11)12/h5-6,8H,4,13H2,1-3H3. The van der Waals surface area contributed by atoms with Gasteiger partial charge in [0.25, 0.3) is 0 Å². The largest absolute Gasteiger partial charge is 0.492 e. The highest BCUT2D eigenvalue weighted by molar-refractivity contribution is 6.32. The first-order valence-corrected chi connectivity index (χ1v) is 5.12. The van der Waals surface area contributed by atoms with Gasteiger partial charge in [-0.05, 0) is 44.0 Å². The molecule has 0 amide bonds. The predicted molar refractivity (Wildman–Crippen MR) is 60.0 cm³/mol. The lowest BCUT2D eigenvalue weighted by atomic mass is 10.0. The van der Waals surface area contributed by atoms with Gasteiger partial charge in [-0.25, -0.2) is 0 Å². The molecule has 1 atom stereocenters. The third-order valence-corrected chi connectivity index (χ3v) is 2.41. The summed E-state index contributed by atoms with van der Waals surface area (Å²) in [5, 5.41) is 0.629. The SMILES string of the molecule is CCOc1cc(C)c(C(C)N)cc1Cl. The van der Waals surface area contributed by atoms with Crippen LogP contribution in [0.3, 0.4) is 0 Å². The van der Waals surface area contributed by atoms with Crippen molar-refractivity contribution in [2.24, 2.45) is 5.73 Å². The fourth-order valence-corrected chi connectivity index (χ4v) is 1.65. The summed E-state index contributed by atoms with van der Waals surface area (Å²) in [7, 11) is 0. The Labute approximate surface area is 90.0 Å². The number of benzene rings is 1. The van der Waals surface area contributed by atoms with Crippen molar-refractivity contribution in [1.82, 2.24) is 0 Å². The molecule has 0 radical (unpaired) electrons. The number of aryl methyl sites for hydroxylation is 1. The van der Waals surface area contributed by atoms with Crippen LogP contribution in [0.15, 0.2) is 12.1 Å². The molecule has 0 aliphatic heterocycles. The number of rotatable bonds is 3.